The van der Waals surface area contributed by atoms with Crippen LogP contribution in [0.25, 0.3) is 17.5 Å². The van der Waals surface area contributed by atoms with Crippen molar-refractivity contribution in [2.24, 2.45) is 4.99 Å². The number of benzene rings is 3. The number of nitro benzene ring substituents is 1. The van der Waals surface area contributed by atoms with Gasteiger partial charge in [-0.3, -0.25) is 19.5 Å². The predicted molar refractivity (Wildman–Crippen MR) is 204 cm³/mol. The Hall–Kier alpha value is -4.57. The van der Waals surface area contributed by atoms with Crippen molar-refractivity contribution in [1.82, 2.24) is 19.3 Å². The van der Waals surface area contributed by atoms with Crippen LogP contribution in [0.5, 0.6) is 5.75 Å². The quantitative estimate of drug-likeness (QED) is 0.0718. The zero-order valence-corrected chi connectivity index (χ0v) is 32.4. The molecular weight excluding hydrogens is 792 g/mol. The number of carbonyl (C=O) groups excluding carboxylic acids is 1. The van der Waals surface area contributed by atoms with Gasteiger partial charge in [-0.05, 0) is 80.1 Å². The molecule has 5 aromatic rings. The minimum absolute atomic E-state index is 0.133. The first kappa shape index (κ1) is 37.2. The highest BCUT2D eigenvalue weighted by Crippen LogP contribution is 2.39. The van der Waals surface area contributed by atoms with Crippen LogP contribution in [-0.4, -0.2) is 43.9 Å². The summed E-state index contributed by atoms with van der Waals surface area (Å²) >= 11 is 12.2. The number of ether oxygens (including phenoxy) is 2. The number of aromatic nitrogens is 4. The lowest BCUT2D eigenvalue weighted by atomic mass is 9.93. The summed E-state index contributed by atoms with van der Waals surface area (Å²) < 4.78 is 15.6. The first-order chi connectivity index (χ1) is 25.1. The molecule has 0 fully saturated rings. The number of nitrogens with zero attached hydrogens (tertiary/aromatic N) is 6. The topological polar surface area (TPSA) is 144 Å². The molecule has 6 rings (SSSR count). The largest absolute Gasteiger partial charge is 0.496 e. The molecule has 0 spiro atoms. The molecule has 3 heterocycles. The van der Waals surface area contributed by atoms with Crippen LogP contribution < -0.4 is 19.6 Å². The number of non-ortho nitro benzene ring substituents is 1. The molecule has 0 aliphatic carbocycles. The lowest BCUT2D eigenvalue weighted by Crippen LogP contribution is -2.40. The van der Waals surface area contributed by atoms with E-state index in [9.17, 15) is 19.7 Å². The summed E-state index contributed by atoms with van der Waals surface area (Å²) in [5.74, 6) is 0.509. The van der Waals surface area contributed by atoms with Crippen LogP contribution in [0, 0.1) is 10.1 Å². The Labute approximate surface area is 319 Å². The summed E-state index contributed by atoms with van der Waals surface area (Å²) in [6.45, 7) is 6.34. The molecule has 0 radical (unpaired) electrons. The summed E-state index contributed by atoms with van der Waals surface area (Å²) in [4.78, 5) is 45.4. The summed E-state index contributed by atoms with van der Waals surface area (Å²) in [7, 11) is 1.52. The zero-order valence-electron chi connectivity index (χ0n) is 28.5. The fourth-order valence-electron chi connectivity index (χ4n) is 5.92. The Morgan fingerprint density at radius 3 is 2.63 bits per heavy atom. The average molecular weight is 824 g/mol. The van der Waals surface area contributed by atoms with Crippen LogP contribution in [0.3, 0.4) is 0 Å². The highest BCUT2D eigenvalue weighted by Gasteiger charge is 2.36. The molecule has 1 aliphatic rings. The van der Waals surface area contributed by atoms with Gasteiger partial charge < -0.3 is 14.0 Å². The van der Waals surface area contributed by atoms with Crippen molar-refractivity contribution in [1.29, 1.82) is 0 Å². The van der Waals surface area contributed by atoms with Crippen molar-refractivity contribution < 1.29 is 19.2 Å². The van der Waals surface area contributed by atoms with E-state index in [1.165, 1.54) is 35.6 Å². The Balaban J connectivity index is 1.55. The van der Waals surface area contributed by atoms with E-state index >= 15 is 0 Å². The van der Waals surface area contributed by atoms with Gasteiger partial charge in [-0.1, -0.05) is 64.3 Å². The lowest BCUT2D eigenvalue weighted by Gasteiger charge is -2.27. The maximum Gasteiger partial charge on any atom is 0.338 e. The Kier molecular flexibility index (Phi) is 11.4. The van der Waals surface area contributed by atoms with Crippen LogP contribution in [-0.2, 0) is 16.1 Å². The van der Waals surface area contributed by atoms with Crippen molar-refractivity contribution in [3.63, 3.8) is 0 Å². The third-order valence-electron chi connectivity index (χ3n) is 8.19. The third-order valence-corrected chi connectivity index (χ3v) is 11.0. The number of thiazole rings is 1. The minimum Gasteiger partial charge on any atom is -0.496 e. The first-order valence-electron chi connectivity index (χ1n) is 16.3. The molecule has 0 amide bonds. The van der Waals surface area contributed by atoms with E-state index < -0.39 is 22.5 Å². The number of hydrogen-bond donors (Lipinski definition) is 0. The van der Waals surface area contributed by atoms with Crippen LogP contribution in [0.2, 0.25) is 5.02 Å². The molecule has 0 unspecified atom stereocenters. The number of carbonyl (C=O) groups is 1. The molecule has 0 saturated heterocycles. The zero-order chi connectivity index (χ0) is 37.1. The van der Waals surface area contributed by atoms with Gasteiger partial charge >= 0.3 is 5.97 Å². The van der Waals surface area contributed by atoms with E-state index in [-0.39, 0.29) is 22.4 Å². The van der Waals surface area contributed by atoms with Crippen molar-refractivity contribution >= 4 is 68.4 Å². The molecule has 1 aliphatic heterocycles. The molecule has 268 valence electrons. The maximum absolute atomic E-state index is 14.5. The Morgan fingerprint density at radius 2 is 1.94 bits per heavy atom. The van der Waals surface area contributed by atoms with Crippen molar-refractivity contribution in [2.75, 3.05) is 13.7 Å². The van der Waals surface area contributed by atoms with Gasteiger partial charge in [-0.15, -0.1) is 10.2 Å². The first-order valence-corrected chi connectivity index (χ1v) is 19.1. The SMILES string of the molecule is CCCC1=C(C(=O)OCC)[C@@H](c2cc(Br)ccc2OC)n2c(s/c(=C\c3cc([N+](=O)[O-])ccc3Sc3nnc(-c4cccc(Cl)c4)n3CC)c2=O)=N1. The van der Waals surface area contributed by atoms with Gasteiger partial charge in [0.15, 0.2) is 15.8 Å². The van der Waals surface area contributed by atoms with Gasteiger partial charge in [0.25, 0.3) is 11.2 Å². The second-order valence-electron chi connectivity index (χ2n) is 11.4. The number of nitro groups is 1. The molecule has 3 aromatic carbocycles. The number of rotatable bonds is 12. The molecule has 16 heteroatoms. The second kappa shape index (κ2) is 16.0. The number of halogens is 2. The summed E-state index contributed by atoms with van der Waals surface area (Å²) in [6, 6.07) is 16.2. The van der Waals surface area contributed by atoms with Crippen molar-refractivity contribution in [3.05, 3.63) is 122 Å². The Bertz CT molecular complexity index is 2420. The average Bonchev–Trinajstić information content (AvgIpc) is 3.67. The summed E-state index contributed by atoms with van der Waals surface area (Å²) in [6.07, 6.45) is 2.77. The maximum atomic E-state index is 14.5. The molecule has 52 heavy (non-hydrogen) atoms. The predicted octanol–water partition coefficient (Wildman–Crippen LogP) is 7.34. The molecule has 0 N–H and O–H groups in total. The second-order valence-corrected chi connectivity index (χ2v) is 14.8. The van der Waals surface area contributed by atoms with Crippen LogP contribution in [0.4, 0.5) is 5.69 Å². The van der Waals surface area contributed by atoms with Gasteiger partial charge in [0, 0.05) is 44.2 Å². The summed E-state index contributed by atoms with van der Waals surface area (Å²) in [5, 5.41) is 21.9. The highest BCUT2D eigenvalue weighted by atomic mass is 79.9. The fraction of sp³-hybridized carbons (Fsp3) is 0.250. The minimum atomic E-state index is -0.918. The van der Waals surface area contributed by atoms with E-state index in [2.05, 4.69) is 26.1 Å². The van der Waals surface area contributed by atoms with Gasteiger partial charge in [-0.2, -0.15) is 0 Å². The number of allylic oxidation sites excluding steroid dienone is 1. The van der Waals surface area contributed by atoms with Crippen molar-refractivity contribution in [2.45, 2.75) is 56.3 Å². The number of hydrogen-bond acceptors (Lipinski definition) is 11. The monoisotopic (exact) mass is 822 g/mol. The number of esters is 1. The molecule has 0 saturated carbocycles. The molecule has 12 nitrogen and oxygen atoms in total. The normalized spacial score (nSPS) is 14.3. The molecule has 1 atom stereocenters. The molecule has 0 bridgehead atoms. The smallest absolute Gasteiger partial charge is 0.338 e. The van der Waals surface area contributed by atoms with Gasteiger partial charge in [0.1, 0.15) is 11.8 Å². The van der Waals surface area contributed by atoms with Crippen LogP contribution >= 0.6 is 50.6 Å². The van der Waals surface area contributed by atoms with Crippen LogP contribution in [0.15, 0.2) is 96.2 Å². The van der Waals surface area contributed by atoms with E-state index in [0.29, 0.717) is 67.7 Å². The third kappa shape index (κ3) is 7.35. The van der Waals surface area contributed by atoms with Crippen LogP contribution in [0.1, 0.15) is 50.8 Å². The fourth-order valence-corrected chi connectivity index (χ4v) is 8.47. The summed E-state index contributed by atoms with van der Waals surface area (Å²) in [5.41, 5.74) is 1.97. The van der Waals surface area contributed by atoms with Gasteiger partial charge in [0.2, 0.25) is 0 Å². The lowest BCUT2D eigenvalue weighted by molar-refractivity contribution is -0.384. The van der Waals surface area contributed by atoms with Gasteiger partial charge in [-0.25, -0.2) is 9.79 Å². The van der Waals surface area contributed by atoms with E-state index in [4.69, 9.17) is 26.1 Å². The van der Waals surface area contributed by atoms with Crippen molar-refractivity contribution in [3.8, 4) is 17.1 Å². The Morgan fingerprint density at radius 1 is 1.13 bits per heavy atom. The van der Waals surface area contributed by atoms with Gasteiger partial charge in [0.05, 0.1) is 34.4 Å². The number of fused-ring (bicyclic) bond motifs is 1. The molecular formula is C36H32BrClN6O6S2. The molecule has 2 aromatic heterocycles. The number of methoxy groups -OCH3 is 1. The van der Waals surface area contributed by atoms with E-state index in [1.54, 1.807) is 37.3 Å². The van der Waals surface area contributed by atoms with E-state index in [0.717, 1.165) is 21.4 Å². The standard InChI is InChI=1S/C36H32BrClN6O6S2/c1-5-9-26-30(34(46)50-7-3)31(25-19-22(37)12-14-27(25)49-4)43-33(45)29(52-35(43)39-26)18-21-17-24(44(47)48)13-15-28(21)51-36-41-40-32(42(36)6-2)20-10-8-11-23(38)16-20/h8,10-19,31H,5-7,9H2,1-4H3/b29-18-/t31-/m1/s1. The highest BCUT2D eigenvalue weighted by molar-refractivity contribution is 9.10. The van der Waals surface area contributed by atoms with E-state index in [1.807, 2.05) is 42.7 Å².